The van der Waals surface area contributed by atoms with Gasteiger partial charge in [-0.1, -0.05) is 6.07 Å². The molecule has 0 radical (unpaired) electrons. The van der Waals surface area contributed by atoms with E-state index < -0.39 is 0 Å². The number of hydrogen-bond acceptors (Lipinski definition) is 3. The summed E-state index contributed by atoms with van der Waals surface area (Å²) in [4.78, 5) is 18.6. The van der Waals surface area contributed by atoms with Crippen molar-refractivity contribution in [3.63, 3.8) is 0 Å². The van der Waals surface area contributed by atoms with Crippen molar-refractivity contribution >= 4 is 11.6 Å². The molecule has 20 heavy (non-hydrogen) atoms. The van der Waals surface area contributed by atoms with E-state index in [0.29, 0.717) is 13.0 Å². The molecule has 1 amide bonds. The van der Waals surface area contributed by atoms with Crippen LogP contribution in [0, 0.1) is 13.8 Å². The Morgan fingerprint density at radius 1 is 1.40 bits per heavy atom. The van der Waals surface area contributed by atoms with Crippen LogP contribution in [0.25, 0.3) is 5.65 Å². The zero-order valence-electron chi connectivity index (χ0n) is 12.6. The Labute approximate surface area is 119 Å². The van der Waals surface area contributed by atoms with Gasteiger partial charge in [-0.25, -0.2) is 4.98 Å². The minimum absolute atomic E-state index is 0.0401. The second-order valence-corrected chi connectivity index (χ2v) is 5.36. The molecule has 0 aliphatic carbocycles. The number of aryl methyl sites for hydroxylation is 2. The maximum absolute atomic E-state index is 12.0. The lowest BCUT2D eigenvalue weighted by atomic mass is 10.2. The van der Waals surface area contributed by atoms with Crippen molar-refractivity contribution in [2.75, 3.05) is 27.2 Å². The largest absolute Gasteiger partial charge is 0.354 e. The Bertz CT molecular complexity index is 616. The van der Waals surface area contributed by atoms with Gasteiger partial charge in [-0.3, -0.25) is 4.79 Å². The minimum atomic E-state index is 0.0401. The average Bonchev–Trinajstić information content (AvgIpc) is 2.68. The molecule has 0 aromatic carbocycles. The molecule has 0 saturated carbocycles. The number of pyridine rings is 1. The summed E-state index contributed by atoms with van der Waals surface area (Å²) >= 11 is 0. The number of carbonyl (C=O) groups excluding carboxylic acids is 1. The molecule has 2 aromatic heterocycles. The molecule has 2 aromatic rings. The average molecular weight is 274 g/mol. The molecule has 0 unspecified atom stereocenters. The molecule has 1 N–H and O–H groups in total. The third kappa shape index (κ3) is 3.17. The maximum atomic E-state index is 12.0. The highest BCUT2D eigenvalue weighted by atomic mass is 16.1. The Morgan fingerprint density at radius 3 is 2.85 bits per heavy atom. The first-order chi connectivity index (χ1) is 9.49. The van der Waals surface area contributed by atoms with Gasteiger partial charge in [0.25, 0.3) is 0 Å². The lowest BCUT2D eigenvalue weighted by molar-refractivity contribution is -0.120. The van der Waals surface area contributed by atoms with Crippen molar-refractivity contribution < 1.29 is 4.79 Å². The van der Waals surface area contributed by atoms with Gasteiger partial charge in [-0.15, -0.1) is 0 Å². The minimum Gasteiger partial charge on any atom is -0.354 e. The van der Waals surface area contributed by atoms with E-state index in [1.165, 1.54) is 0 Å². The summed E-state index contributed by atoms with van der Waals surface area (Å²) in [5, 5.41) is 2.94. The van der Waals surface area contributed by atoms with Crippen LogP contribution in [-0.2, 0) is 11.2 Å². The highest BCUT2D eigenvalue weighted by Crippen LogP contribution is 2.15. The van der Waals surface area contributed by atoms with E-state index in [-0.39, 0.29) is 5.91 Å². The van der Waals surface area contributed by atoms with Gasteiger partial charge in [0.15, 0.2) is 0 Å². The van der Waals surface area contributed by atoms with E-state index in [2.05, 4.69) is 10.3 Å². The Kier molecular flexibility index (Phi) is 4.39. The number of fused-ring (bicyclic) bond motifs is 1. The van der Waals surface area contributed by atoms with Gasteiger partial charge in [0.05, 0.1) is 17.8 Å². The number of hydrogen-bond donors (Lipinski definition) is 1. The molecular formula is C15H22N4O. The van der Waals surface area contributed by atoms with E-state index in [0.717, 1.165) is 29.1 Å². The van der Waals surface area contributed by atoms with Crippen molar-refractivity contribution in [1.82, 2.24) is 19.6 Å². The molecule has 5 heteroatoms. The summed E-state index contributed by atoms with van der Waals surface area (Å²) < 4.78 is 2.01. The van der Waals surface area contributed by atoms with Gasteiger partial charge in [0, 0.05) is 19.3 Å². The van der Waals surface area contributed by atoms with Crippen LogP contribution in [0.5, 0.6) is 0 Å². The molecule has 0 aliphatic heterocycles. The zero-order chi connectivity index (χ0) is 14.7. The molecule has 2 heterocycles. The molecule has 108 valence electrons. The van der Waals surface area contributed by atoms with Gasteiger partial charge < -0.3 is 14.6 Å². The van der Waals surface area contributed by atoms with E-state index in [1.807, 2.05) is 55.6 Å². The summed E-state index contributed by atoms with van der Waals surface area (Å²) in [7, 11) is 3.98. The maximum Gasteiger partial charge on any atom is 0.226 e. The normalized spacial score (nSPS) is 11.2. The number of nitrogens with zero attached hydrogens (tertiary/aromatic N) is 3. The third-order valence-corrected chi connectivity index (χ3v) is 3.35. The summed E-state index contributed by atoms with van der Waals surface area (Å²) in [5.74, 6) is 0.0401. The van der Waals surface area contributed by atoms with Crippen LogP contribution in [0.1, 0.15) is 17.0 Å². The first-order valence-corrected chi connectivity index (χ1v) is 6.83. The quantitative estimate of drug-likeness (QED) is 0.890. The van der Waals surface area contributed by atoms with E-state index in [1.54, 1.807) is 0 Å². The fourth-order valence-electron chi connectivity index (χ4n) is 2.21. The number of carbonyl (C=O) groups is 1. The van der Waals surface area contributed by atoms with Gasteiger partial charge in [-0.2, -0.15) is 0 Å². The van der Waals surface area contributed by atoms with Gasteiger partial charge in [-0.05, 0) is 39.6 Å². The fraction of sp³-hybridized carbons (Fsp3) is 0.467. The standard InChI is InChI=1S/C15H22N4O/c1-11-6-5-8-19-13(12(2)17-15(11)19)10-14(20)16-7-9-18(3)4/h5-6,8H,7,9-10H2,1-4H3,(H,16,20). The Morgan fingerprint density at radius 2 is 2.15 bits per heavy atom. The van der Waals surface area contributed by atoms with Crippen LogP contribution in [0.15, 0.2) is 18.3 Å². The Hall–Kier alpha value is -1.88. The lowest BCUT2D eigenvalue weighted by Gasteiger charge is -2.10. The predicted molar refractivity (Wildman–Crippen MR) is 79.9 cm³/mol. The SMILES string of the molecule is Cc1nc2c(C)cccn2c1CC(=O)NCCN(C)C. The molecule has 0 spiro atoms. The van der Waals surface area contributed by atoms with Crippen molar-refractivity contribution in [1.29, 1.82) is 0 Å². The topological polar surface area (TPSA) is 49.6 Å². The molecular weight excluding hydrogens is 252 g/mol. The molecule has 0 bridgehead atoms. The summed E-state index contributed by atoms with van der Waals surface area (Å²) in [5.41, 5.74) is 3.93. The lowest BCUT2D eigenvalue weighted by Crippen LogP contribution is -2.32. The molecule has 2 rings (SSSR count). The number of nitrogens with one attached hydrogen (secondary N) is 1. The van der Waals surface area contributed by atoms with Crippen molar-refractivity contribution in [2.45, 2.75) is 20.3 Å². The number of aromatic nitrogens is 2. The van der Waals surface area contributed by atoms with Crippen molar-refractivity contribution in [3.8, 4) is 0 Å². The molecule has 0 saturated heterocycles. The summed E-state index contributed by atoms with van der Waals surface area (Å²) in [6.07, 6.45) is 2.33. The van der Waals surface area contributed by atoms with E-state index in [4.69, 9.17) is 0 Å². The number of imidazole rings is 1. The summed E-state index contributed by atoms with van der Waals surface area (Å²) in [6, 6.07) is 4.01. The monoisotopic (exact) mass is 274 g/mol. The van der Waals surface area contributed by atoms with Crippen LogP contribution >= 0.6 is 0 Å². The van der Waals surface area contributed by atoms with Crippen molar-refractivity contribution in [2.24, 2.45) is 0 Å². The van der Waals surface area contributed by atoms with Gasteiger partial charge >= 0.3 is 0 Å². The fourth-order valence-corrected chi connectivity index (χ4v) is 2.21. The van der Waals surface area contributed by atoms with Crippen LogP contribution < -0.4 is 5.32 Å². The predicted octanol–water partition coefficient (Wildman–Crippen LogP) is 1.17. The third-order valence-electron chi connectivity index (χ3n) is 3.35. The zero-order valence-corrected chi connectivity index (χ0v) is 12.6. The van der Waals surface area contributed by atoms with Crippen LogP contribution in [0.3, 0.4) is 0 Å². The van der Waals surface area contributed by atoms with Crippen LogP contribution in [0.2, 0.25) is 0 Å². The Balaban J connectivity index is 2.11. The second kappa shape index (κ2) is 6.05. The van der Waals surface area contributed by atoms with Gasteiger partial charge in [0.2, 0.25) is 5.91 Å². The van der Waals surface area contributed by atoms with E-state index >= 15 is 0 Å². The molecule has 0 atom stereocenters. The van der Waals surface area contributed by atoms with Gasteiger partial charge in [0.1, 0.15) is 5.65 Å². The number of likely N-dealkylation sites (N-methyl/N-ethyl adjacent to an activating group) is 1. The van der Waals surface area contributed by atoms with Crippen molar-refractivity contribution in [3.05, 3.63) is 35.3 Å². The molecule has 0 aliphatic rings. The first kappa shape index (κ1) is 14.5. The smallest absolute Gasteiger partial charge is 0.226 e. The van der Waals surface area contributed by atoms with Crippen LogP contribution in [-0.4, -0.2) is 47.4 Å². The number of rotatable bonds is 5. The highest BCUT2D eigenvalue weighted by molar-refractivity contribution is 5.78. The molecule has 0 fully saturated rings. The van der Waals surface area contributed by atoms with E-state index in [9.17, 15) is 4.79 Å². The summed E-state index contributed by atoms with van der Waals surface area (Å²) in [6.45, 7) is 5.50. The first-order valence-electron chi connectivity index (χ1n) is 6.83. The molecule has 5 nitrogen and oxygen atoms in total. The highest BCUT2D eigenvalue weighted by Gasteiger charge is 2.13. The second-order valence-electron chi connectivity index (χ2n) is 5.36. The van der Waals surface area contributed by atoms with Crippen LogP contribution in [0.4, 0.5) is 0 Å². The number of amides is 1.